The molecule has 0 unspecified atom stereocenters. The van der Waals surface area contributed by atoms with Crippen LogP contribution in [-0.2, 0) is 16.1 Å². The van der Waals surface area contributed by atoms with Crippen molar-refractivity contribution in [2.45, 2.75) is 45.1 Å². The van der Waals surface area contributed by atoms with E-state index in [1.54, 1.807) is 0 Å². The highest BCUT2D eigenvalue weighted by Gasteiger charge is 2.42. The molecule has 0 aliphatic carbocycles. The van der Waals surface area contributed by atoms with Gasteiger partial charge in [-0.05, 0) is 50.8 Å². The Kier molecular flexibility index (Phi) is 5.48. The smallest absolute Gasteiger partial charge is 0.236 e. The van der Waals surface area contributed by atoms with Crippen molar-refractivity contribution in [1.82, 2.24) is 14.7 Å². The average molecular weight is 370 g/mol. The second-order valence-corrected chi connectivity index (χ2v) is 8.64. The molecule has 1 aromatic carbocycles. The number of carbonyl (C=O) groups is 2. The Bertz CT molecular complexity index is 671. The molecule has 0 aromatic heterocycles. The second kappa shape index (κ2) is 8.01. The zero-order valence-corrected chi connectivity index (χ0v) is 16.2. The summed E-state index contributed by atoms with van der Waals surface area (Å²) in [6.45, 7) is 5.85. The molecule has 3 aliphatic rings. The lowest BCUT2D eigenvalue weighted by atomic mass is 9.73. The molecule has 5 heteroatoms. The van der Waals surface area contributed by atoms with Crippen LogP contribution in [0.2, 0.25) is 0 Å². The van der Waals surface area contributed by atoms with Gasteiger partial charge in [-0.2, -0.15) is 0 Å². The number of likely N-dealkylation sites (tertiary alicyclic amines) is 3. The van der Waals surface area contributed by atoms with Crippen LogP contribution in [0.1, 0.15) is 44.1 Å². The molecule has 0 bridgehead atoms. The van der Waals surface area contributed by atoms with Crippen molar-refractivity contribution >= 4 is 11.8 Å². The largest absolute Gasteiger partial charge is 0.341 e. The van der Waals surface area contributed by atoms with Crippen molar-refractivity contribution < 1.29 is 9.59 Å². The van der Waals surface area contributed by atoms with Gasteiger partial charge >= 0.3 is 0 Å². The minimum absolute atomic E-state index is 0.0849. The third-order valence-electron chi connectivity index (χ3n) is 6.54. The summed E-state index contributed by atoms with van der Waals surface area (Å²) in [5.74, 6) is 0.535. The van der Waals surface area contributed by atoms with Crippen LogP contribution in [0.4, 0.5) is 0 Å². The maximum absolute atomic E-state index is 12.8. The predicted molar refractivity (Wildman–Crippen MR) is 105 cm³/mol. The summed E-state index contributed by atoms with van der Waals surface area (Å²) in [7, 11) is 0. The Labute approximate surface area is 162 Å². The number of hydrogen-bond acceptors (Lipinski definition) is 3. The van der Waals surface area contributed by atoms with Gasteiger partial charge in [0.25, 0.3) is 0 Å². The van der Waals surface area contributed by atoms with Crippen molar-refractivity contribution in [2.24, 2.45) is 5.41 Å². The Hall–Kier alpha value is -1.88. The van der Waals surface area contributed by atoms with Gasteiger partial charge in [0.2, 0.25) is 11.8 Å². The van der Waals surface area contributed by atoms with Gasteiger partial charge in [-0.1, -0.05) is 30.3 Å². The maximum Gasteiger partial charge on any atom is 0.236 e. The van der Waals surface area contributed by atoms with E-state index in [4.69, 9.17) is 0 Å². The van der Waals surface area contributed by atoms with Crippen LogP contribution < -0.4 is 0 Å². The lowest BCUT2D eigenvalue weighted by molar-refractivity contribution is -0.144. The van der Waals surface area contributed by atoms with Gasteiger partial charge in [0.1, 0.15) is 0 Å². The monoisotopic (exact) mass is 369 g/mol. The Balaban J connectivity index is 1.40. The summed E-state index contributed by atoms with van der Waals surface area (Å²) in [4.78, 5) is 31.7. The third kappa shape index (κ3) is 4.34. The molecular weight excluding hydrogens is 338 g/mol. The van der Waals surface area contributed by atoms with E-state index < -0.39 is 0 Å². The van der Waals surface area contributed by atoms with Gasteiger partial charge in [-0.3, -0.25) is 14.5 Å². The summed E-state index contributed by atoms with van der Waals surface area (Å²) in [6.07, 6.45) is 6.14. The molecule has 0 saturated carbocycles. The van der Waals surface area contributed by atoms with Gasteiger partial charge in [-0.15, -0.1) is 0 Å². The van der Waals surface area contributed by atoms with E-state index in [0.717, 1.165) is 52.0 Å². The number of amides is 2. The second-order valence-electron chi connectivity index (χ2n) is 8.64. The standard InChI is InChI=1S/C22H31N3O2/c26-20-9-11-22(18-25(20)15-19-7-2-1-3-8-19)10-6-14-24(17-22)21(27)16-23-12-4-5-13-23/h1-3,7-8H,4-6,9-18H2/t22-/m1/s1. The molecular formula is C22H31N3O2. The molecule has 1 atom stereocenters. The van der Waals surface area contributed by atoms with Gasteiger partial charge in [0.15, 0.2) is 0 Å². The van der Waals surface area contributed by atoms with Crippen molar-refractivity contribution in [3.63, 3.8) is 0 Å². The van der Waals surface area contributed by atoms with Gasteiger partial charge in [-0.25, -0.2) is 0 Å². The molecule has 4 rings (SSSR count). The highest BCUT2D eigenvalue weighted by molar-refractivity contribution is 5.79. The van der Waals surface area contributed by atoms with Gasteiger partial charge < -0.3 is 9.80 Å². The lowest BCUT2D eigenvalue weighted by Crippen LogP contribution is -2.55. The number of benzene rings is 1. The van der Waals surface area contributed by atoms with Crippen molar-refractivity contribution in [3.05, 3.63) is 35.9 Å². The molecule has 3 fully saturated rings. The molecule has 3 heterocycles. The molecule has 3 aliphatic heterocycles. The molecule has 1 spiro atoms. The summed E-state index contributed by atoms with van der Waals surface area (Å²) in [5.41, 5.74) is 1.27. The topological polar surface area (TPSA) is 43.9 Å². The molecule has 1 aromatic rings. The molecule has 5 nitrogen and oxygen atoms in total. The highest BCUT2D eigenvalue weighted by Crippen LogP contribution is 2.39. The fourth-order valence-corrected chi connectivity index (χ4v) is 5.04. The number of carbonyl (C=O) groups excluding carboxylic acids is 2. The van der Waals surface area contributed by atoms with E-state index in [9.17, 15) is 9.59 Å². The molecule has 0 N–H and O–H groups in total. The lowest BCUT2D eigenvalue weighted by Gasteiger charge is -2.48. The minimum Gasteiger partial charge on any atom is -0.341 e. The number of nitrogens with zero attached hydrogens (tertiary/aromatic N) is 3. The highest BCUT2D eigenvalue weighted by atomic mass is 16.2. The summed E-state index contributed by atoms with van der Waals surface area (Å²) >= 11 is 0. The van der Waals surface area contributed by atoms with E-state index in [1.807, 2.05) is 23.1 Å². The number of hydrogen-bond donors (Lipinski definition) is 0. The first-order chi connectivity index (χ1) is 13.1. The van der Waals surface area contributed by atoms with Crippen LogP contribution in [0.3, 0.4) is 0 Å². The first-order valence-electron chi connectivity index (χ1n) is 10.5. The van der Waals surface area contributed by atoms with E-state index in [-0.39, 0.29) is 17.2 Å². The van der Waals surface area contributed by atoms with Crippen molar-refractivity contribution in [2.75, 3.05) is 39.3 Å². The Morgan fingerprint density at radius 1 is 0.963 bits per heavy atom. The zero-order chi connectivity index (χ0) is 18.7. The third-order valence-corrected chi connectivity index (χ3v) is 6.54. The van der Waals surface area contributed by atoms with Crippen molar-refractivity contribution in [3.8, 4) is 0 Å². The zero-order valence-electron chi connectivity index (χ0n) is 16.2. The number of rotatable bonds is 4. The SMILES string of the molecule is O=C(CN1CCCC1)N1CCC[C@@]2(CCC(=O)N(Cc3ccccc3)C2)C1. The normalized spacial score (nSPS) is 26.7. The van der Waals surface area contributed by atoms with Crippen LogP contribution in [0, 0.1) is 5.41 Å². The minimum atomic E-state index is 0.0849. The fraction of sp³-hybridized carbons (Fsp3) is 0.636. The molecule has 2 amide bonds. The quantitative estimate of drug-likeness (QED) is 0.819. The predicted octanol–water partition coefficient (Wildman–Crippen LogP) is 2.51. The van der Waals surface area contributed by atoms with Gasteiger partial charge in [0.05, 0.1) is 6.54 Å². The molecule has 0 radical (unpaired) electrons. The number of piperidine rings is 2. The first-order valence-corrected chi connectivity index (χ1v) is 10.5. The van der Waals surface area contributed by atoms with Crippen LogP contribution in [0.15, 0.2) is 30.3 Å². The molecule has 27 heavy (non-hydrogen) atoms. The van der Waals surface area contributed by atoms with Crippen LogP contribution >= 0.6 is 0 Å². The van der Waals surface area contributed by atoms with E-state index in [2.05, 4.69) is 21.9 Å². The van der Waals surface area contributed by atoms with Crippen LogP contribution in [0.25, 0.3) is 0 Å². The van der Waals surface area contributed by atoms with E-state index in [1.165, 1.54) is 18.4 Å². The van der Waals surface area contributed by atoms with E-state index >= 15 is 0 Å². The fourth-order valence-electron chi connectivity index (χ4n) is 5.04. The molecule has 146 valence electrons. The molecule has 3 saturated heterocycles. The Morgan fingerprint density at radius 2 is 1.74 bits per heavy atom. The first kappa shape index (κ1) is 18.5. The summed E-state index contributed by atoms with van der Waals surface area (Å²) < 4.78 is 0. The van der Waals surface area contributed by atoms with Gasteiger partial charge in [0, 0.05) is 38.0 Å². The van der Waals surface area contributed by atoms with E-state index in [0.29, 0.717) is 19.5 Å². The average Bonchev–Trinajstić information content (AvgIpc) is 3.19. The summed E-state index contributed by atoms with van der Waals surface area (Å²) in [5, 5.41) is 0. The van der Waals surface area contributed by atoms with Crippen LogP contribution in [-0.4, -0.2) is 65.8 Å². The Morgan fingerprint density at radius 3 is 2.52 bits per heavy atom. The summed E-state index contributed by atoms with van der Waals surface area (Å²) in [6, 6.07) is 10.2. The van der Waals surface area contributed by atoms with Crippen LogP contribution in [0.5, 0.6) is 0 Å². The maximum atomic E-state index is 12.8. The van der Waals surface area contributed by atoms with Crippen molar-refractivity contribution in [1.29, 1.82) is 0 Å².